The van der Waals surface area contributed by atoms with Gasteiger partial charge in [-0.25, -0.2) is 13.8 Å². The highest BCUT2D eigenvalue weighted by Crippen LogP contribution is 2.23. The van der Waals surface area contributed by atoms with E-state index >= 15 is 0 Å². The molecule has 0 spiro atoms. The van der Waals surface area contributed by atoms with Gasteiger partial charge in [0, 0.05) is 26.5 Å². The molecule has 0 aliphatic heterocycles. The standard InChI is InChI=1S/C19H18F2N4O3S/c1-22-18(27)16(11-3-5-13(20)14(21)9-11)24-17(26)15-6-4-12(28-15)10-29-19-23-7-8-25(19)2/h3-9,16H,10H2,1-2H3,(H,22,27)(H,24,26). The number of carbonyl (C=O) groups is 2. The van der Waals surface area contributed by atoms with Gasteiger partial charge in [-0.2, -0.15) is 0 Å². The normalized spacial score (nSPS) is 11.9. The van der Waals surface area contributed by atoms with Crippen molar-refractivity contribution in [1.82, 2.24) is 20.2 Å². The second-order valence-electron chi connectivity index (χ2n) is 6.07. The fraction of sp³-hybridized carbons (Fsp3) is 0.211. The van der Waals surface area contributed by atoms with Crippen molar-refractivity contribution in [3.05, 3.63) is 71.4 Å². The minimum absolute atomic E-state index is 0.00285. The number of hydrogen-bond donors (Lipinski definition) is 2. The Morgan fingerprint density at radius 2 is 2.03 bits per heavy atom. The van der Waals surface area contributed by atoms with Gasteiger partial charge in [0.2, 0.25) is 5.91 Å². The summed E-state index contributed by atoms with van der Waals surface area (Å²) >= 11 is 1.44. The largest absolute Gasteiger partial charge is 0.455 e. The summed E-state index contributed by atoms with van der Waals surface area (Å²) in [6.07, 6.45) is 3.50. The molecule has 2 heterocycles. The molecule has 0 bridgehead atoms. The lowest BCUT2D eigenvalue weighted by molar-refractivity contribution is -0.122. The van der Waals surface area contributed by atoms with Crippen molar-refractivity contribution in [1.29, 1.82) is 0 Å². The number of halogens is 2. The first-order valence-corrected chi connectivity index (χ1v) is 9.54. The molecule has 0 aliphatic rings. The summed E-state index contributed by atoms with van der Waals surface area (Å²) in [5.41, 5.74) is 0.105. The van der Waals surface area contributed by atoms with E-state index in [4.69, 9.17) is 4.42 Å². The summed E-state index contributed by atoms with van der Waals surface area (Å²) < 4.78 is 34.1. The Labute approximate surface area is 169 Å². The quantitative estimate of drug-likeness (QED) is 0.574. The third-order valence-electron chi connectivity index (χ3n) is 4.07. The van der Waals surface area contributed by atoms with Crippen molar-refractivity contribution in [3.8, 4) is 0 Å². The van der Waals surface area contributed by atoms with Gasteiger partial charge in [0.15, 0.2) is 22.6 Å². The molecular weight excluding hydrogens is 402 g/mol. The van der Waals surface area contributed by atoms with E-state index in [-0.39, 0.29) is 11.3 Å². The average molecular weight is 420 g/mol. The number of aromatic nitrogens is 2. The highest BCUT2D eigenvalue weighted by molar-refractivity contribution is 7.98. The van der Waals surface area contributed by atoms with Gasteiger partial charge in [0.1, 0.15) is 11.8 Å². The molecule has 1 unspecified atom stereocenters. The molecule has 0 saturated heterocycles. The number of thioether (sulfide) groups is 1. The maximum Gasteiger partial charge on any atom is 0.287 e. The van der Waals surface area contributed by atoms with Crippen LogP contribution in [0.3, 0.4) is 0 Å². The molecular formula is C19H18F2N4O3S. The van der Waals surface area contributed by atoms with E-state index in [0.29, 0.717) is 11.5 Å². The van der Waals surface area contributed by atoms with Crippen molar-refractivity contribution < 1.29 is 22.8 Å². The van der Waals surface area contributed by atoms with Crippen LogP contribution in [0.25, 0.3) is 0 Å². The van der Waals surface area contributed by atoms with E-state index in [0.717, 1.165) is 17.3 Å². The second-order valence-corrected chi connectivity index (χ2v) is 7.01. The summed E-state index contributed by atoms with van der Waals surface area (Å²) in [6, 6.07) is 4.92. The Hall–Kier alpha value is -3.14. The second kappa shape index (κ2) is 8.91. The molecule has 0 fully saturated rings. The first-order valence-electron chi connectivity index (χ1n) is 8.55. The van der Waals surface area contributed by atoms with E-state index in [9.17, 15) is 18.4 Å². The Morgan fingerprint density at radius 3 is 2.69 bits per heavy atom. The fourth-order valence-corrected chi connectivity index (χ4v) is 3.37. The average Bonchev–Trinajstić information content (AvgIpc) is 3.35. The molecule has 29 heavy (non-hydrogen) atoms. The Kier molecular flexibility index (Phi) is 6.32. The van der Waals surface area contributed by atoms with Crippen LogP contribution in [0, 0.1) is 11.6 Å². The number of nitrogens with one attached hydrogen (secondary N) is 2. The first kappa shape index (κ1) is 20.6. The van der Waals surface area contributed by atoms with Crippen molar-refractivity contribution in [3.63, 3.8) is 0 Å². The number of amides is 2. The minimum Gasteiger partial charge on any atom is -0.455 e. The number of carbonyl (C=O) groups excluding carboxylic acids is 2. The summed E-state index contributed by atoms with van der Waals surface area (Å²) in [6.45, 7) is 0. The molecule has 2 amide bonds. The van der Waals surface area contributed by atoms with Crippen LogP contribution < -0.4 is 10.6 Å². The molecule has 1 aromatic carbocycles. The number of likely N-dealkylation sites (N-methyl/N-ethyl adjacent to an activating group) is 1. The van der Waals surface area contributed by atoms with Gasteiger partial charge in [-0.3, -0.25) is 9.59 Å². The number of nitrogens with zero attached hydrogens (tertiary/aromatic N) is 2. The number of benzene rings is 1. The van der Waals surface area contributed by atoms with Crippen LogP contribution in [0.2, 0.25) is 0 Å². The molecule has 2 N–H and O–H groups in total. The van der Waals surface area contributed by atoms with E-state index < -0.39 is 29.5 Å². The summed E-state index contributed by atoms with van der Waals surface area (Å²) in [7, 11) is 3.24. The van der Waals surface area contributed by atoms with Crippen LogP contribution in [0.4, 0.5) is 8.78 Å². The lowest BCUT2D eigenvalue weighted by Crippen LogP contribution is -2.39. The van der Waals surface area contributed by atoms with Gasteiger partial charge < -0.3 is 19.6 Å². The lowest BCUT2D eigenvalue weighted by atomic mass is 10.1. The van der Waals surface area contributed by atoms with Crippen LogP contribution in [0.5, 0.6) is 0 Å². The monoisotopic (exact) mass is 420 g/mol. The highest BCUT2D eigenvalue weighted by Gasteiger charge is 2.25. The van der Waals surface area contributed by atoms with E-state index in [1.807, 2.05) is 17.8 Å². The molecule has 3 aromatic rings. The first-order chi connectivity index (χ1) is 13.9. The van der Waals surface area contributed by atoms with Crippen LogP contribution in [0.15, 0.2) is 52.3 Å². The SMILES string of the molecule is CNC(=O)C(NC(=O)c1ccc(CSc2nccn2C)o1)c1ccc(F)c(F)c1. The smallest absolute Gasteiger partial charge is 0.287 e. The van der Waals surface area contributed by atoms with Crippen LogP contribution in [-0.4, -0.2) is 28.4 Å². The number of imidazole rings is 1. The van der Waals surface area contributed by atoms with Gasteiger partial charge in [-0.1, -0.05) is 17.8 Å². The number of hydrogen-bond acceptors (Lipinski definition) is 5. The zero-order valence-corrected chi connectivity index (χ0v) is 16.4. The number of furan rings is 1. The van der Waals surface area contributed by atoms with Crippen molar-refractivity contribution in [2.75, 3.05) is 7.05 Å². The van der Waals surface area contributed by atoms with E-state index in [1.165, 1.54) is 30.9 Å². The van der Waals surface area contributed by atoms with Gasteiger partial charge >= 0.3 is 0 Å². The summed E-state index contributed by atoms with van der Waals surface area (Å²) in [5.74, 6) is -2.39. The lowest BCUT2D eigenvalue weighted by Gasteiger charge is -2.17. The molecule has 7 nitrogen and oxygen atoms in total. The van der Waals surface area contributed by atoms with Gasteiger partial charge in [-0.05, 0) is 29.8 Å². The summed E-state index contributed by atoms with van der Waals surface area (Å²) in [5, 5.41) is 5.67. The van der Waals surface area contributed by atoms with E-state index in [1.54, 1.807) is 12.3 Å². The van der Waals surface area contributed by atoms with Gasteiger partial charge in [0.25, 0.3) is 5.91 Å². The molecule has 10 heteroatoms. The summed E-state index contributed by atoms with van der Waals surface area (Å²) in [4.78, 5) is 28.9. The third-order valence-corrected chi connectivity index (χ3v) is 5.15. The Morgan fingerprint density at radius 1 is 1.24 bits per heavy atom. The van der Waals surface area contributed by atoms with Crippen molar-refractivity contribution in [2.24, 2.45) is 7.05 Å². The maximum atomic E-state index is 13.6. The number of aryl methyl sites for hydroxylation is 1. The topological polar surface area (TPSA) is 89.2 Å². The molecule has 1 atom stereocenters. The maximum absolute atomic E-state index is 13.6. The molecule has 0 radical (unpaired) electrons. The zero-order chi connectivity index (χ0) is 21.0. The Balaban J connectivity index is 1.71. The van der Waals surface area contributed by atoms with Crippen molar-refractivity contribution >= 4 is 23.6 Å². The van der Waals surface area contributed by atoms with Crippen LogP contribution in [0.1, 0.15) is 27.9 Å². The van der Waals surface area contributed by atoms with Crippen molar-refractivity contribution in [2.45, 2.75) is 17.0 Å². The minimum atomic E-state index is -1.21. The van der Waals surface area contributed by atoms with E-state index in [2.05, 4.69) is 15.6 Å². The third kappa shape index (κ3) is 4.83. The predicted octanol–water partition coefficient (Wildman–Crippen LogP) is 2.80. The molecule has 3 rings (SSSR count). The highest BCUT2D eigenvalue weighted by atomic mass is 32.2. The van der Waals surface area contributed by atoms with Gasteiger partial charge in [-0.15, -0.1) is 0 Å². The van der Waals surface area contributed by atoms with Crippen LogP contribution in [-0.2, 0) is 17.6 Å². The fourth-order valence-electron chi connectivity index (χ4n) is 2.54. The zero-order valence-electron chi connectivity index (χ0n) is 15.6. The Bertz CT molecular complexity index is 1030. The molecule has 0 saturated carbocycles. The predicted molar refractivity (Wildman–Crippen MR) is 102 cm³/mol. The number of rotatable bonds is 7. The molecule has 152 valence electrons. The van der Waals surface area contributed by atoms with Gasteiger partial charge in [0.05, 0.1) is 5.75 Å². The molecule has 0 aliphatic carbocycles. The molecule has 2 aromatic heterocycles. The van der Waals surface area contributed by atoms with Crippen LogP contribution >= 0.6 is 11.8 Å².